The van der Waals surface area contributed by atoms with E-state index in [1.54, 1.807) is 0 Å². The van der Waals surface area contributed by atoms with Crippen LogP contribution in [-0.2, 0) is 0 Å². The molecule has 6 nitrogen and oxygen atoms in total. The van der Waals surface area contributed by atoms with Crippen molar-refractivity contribution >= 4 is 17.1 Å². The maximum Gasteiger partial charge on any atom is 0.295 e. The Labute approximate surface area is 204 Å². The Morgan fingerprint density at radius 1 is 1.06 bits per heavy atom. The molecule has 2 aromatic carbocycles. The molecule has 0 spiro atoms. The van der Waals surface area contributed by atoms with E-state index in [0.29, 0.717) is 23.9 Å². The van der Waals surface area contributed by atoms with Crippen molar-refractivity contribution < 1.29 is 9.52 Å². The van der Waals surface area contributed by atoms with Gasteiger partial charge in [0.15, 0.2) is 5.58 Å². The van der Waals surface area contributed by atoms with E-state index in [-0.39, 0.29) is 17.6 Å². The lowest BCUT2D eigenvalue weighted by Crippen LogP contribution is -2.59. The van der Waals surface area contributed by atoms with Crippen LogP contribution in [0.2, 0.25) is 0 Å². The van der Waals surface area contributed by atoms with E-state index in [1.807, 2.05) is 36.8 Å². The maximum absolute atomic E-state index is 11.8. The standard InChI is InChI=1S/C29H30N4O2/c34-26(11-23-20-5-1-2-6-21(20)24-15-30-16-33(23)24)29-12-17-9-18(13-29)27(19(10-17)14-29)32-28-31-22-7-3-4-8-25(22)35-28/h1-8,15-19,23,26-27,34H,9-14H2,(H,31,32)/t17?,18?,19?,23-,26+,27?,29?/m0/s1. The molecule has 2 N–H and O–H groups in total. The third-order valence-corrected chi connectivity index (χ3v) is 9.66. The van der Waals surface area contributed by atoms with E-state index in [2.05, 4.69) is 44.1 Å². The molecule has 0 radical (unpaired) electrons. The van der Waals surface area contributed by atoms with Crippen molar-refractivity contribution in [1.29, 1.82) is 0 Å². The number of hydrogen-bond acceptors (Lipinski definition) is 5. The Hall–Kier alpha value is -3.12. The van der Waals surface area contributed by atoms with E-state index >= 15 is 0 Å². The molecule has 178 valence electrons. The fraction of sp³-hybridized carbons (Fsp3) is 0.448. The normalized spacial score (nSPS) is 33.1. The molecule has 5 aliphatic rings. The third-order valence-electron chi connectivity index (χ3n) is 9.66. The lowest BCUT2D eigenvalue weighted by molar-refractivity contribution is -0.129. The number of imidazole rings is 1. The number of nitrogens with one attached hydrogen (secondary N) is 1. The Bertz CT molecular complexity index is 1370. The molecule has 0 saturated heterocycles. The third kappa shape index (κ3) is 2.92. The summed E-state index contributed by atoms with van der Waals surface area (Å²) in [6, 6.07) is 17.8. The highest BCUT2D eigenvalue weighted by molar-refractivity contribution is 5.74. The summed E-state index contributed by atoms with van der Waals surface area (Å²) < 4.78 is 8.28. The molecule has 6 heteroatoms. The molecule has 0 amide bonds. The highest BCUT2D eigenvalue weighted by Crippen LogP contribution is 2.62. The Morgan fingerprint density at radius 2 is 1.86 bits per heavy atom. The molecule has 4 aliphatic carbocycles. The molecule has 1 aliphatic heterocycles. The fourth-order valence-corrected chi connectivity index (χ4v) is 8.44. The van der Waals surface area contributed by atoms with Gasteiger partial charge in [-0.3, -0.25) is 0 Å². The molecule has 2 aromatic heterocycles. The monoisotopic (exact) mass is 466 g/mol. The van der Waals surface area contributed by atoms with Gasteiger partial charge in [-0.05, 0) is 79.4 Å². The molecule has 4 bridgehead atoms. The van der Waals surface area contributed by atoms with Crippen molar-refractivity contribution in [3.8, 4) is 11.3 Å². The van der Waals surface area contributed by atoms with Crippen LogP contribution in [0.4, 0.5) is 6.01 Å². The average molecular weight is 467 g/mol. The number of para-hydroxylation sites is 2. The number of aliphatic hydroxyl groups is 1. The second kappa shape index (κ2) is 7.20. The first kappa shape index (κ1) is 20.1. The number of oxazole rings is 1. The average Bonchev–Trinajstić information content (AvgIpc) is 3.56. The van der Waals surface area contributed by atoms with E-state index < -0.39 is 0 Å². The minimum Gasteiger partial charge on any atom is -0.424 e. The van der Waals surface area contributed by atoms with Gasteiger partial charge in [0.1, 0.15) is 5.52 Å². The van der Waals surface area contributed by atoms with Crippen LogP contribution in [-0.4, -0.2) is 31.8 Å². The minimum atomic E-state index is -0.313. The number of aromatic nitrogens is 3. The van der Waals surface area contributed by atoms with Gasteiger partial charge in [-0.2, -0.15) is 4.98 Å². The first-order chi connectivity index (χ1) is 17.2. The number of benzene rings is 2. The Balaban J connectivity index is 1.05. The summed E-state index contributed by atoms with van der Waals surface area (Å²) in [5, 5.41) is 15.5. The van der Waals surface area contributed by atoms with Gasteiger partial charge in [-0.25, -0.2) is 4.98 Å². The molecule has 9 rings (SSSR count). The number of aliphatic hydroxyl groups excluding tert-OH is 1. The summed E-state index contributed by atoms with van der Waals surface area (Å²) in [6.07, 6.45) is 10.2. The molecule has 4 saturated carbocycles. The molecule has 4 atom stereocenters. The van der Waals surface area contributed by atoms with Crippen molar-refractivity contribution in [2.75, 3.05) is 5.32 Å². The predicted molar refractivity (Wildman–Crippen MR) is 134 cm³/mol. The summed E-state index contributed by atoms with van der Waals surface area (Å²) in [5.41, 5.74) is 5.52. The molecule has 4 fully saturated rings. The summed E-state index contributed by atoms with van der Waals surface area (Å²) in [5.74, 6) is 1.85. The first-order valence-electron chi connectivity index (χ1n) is 13.1. The van der Waals surface area contributed by atoms with Gasteiger partial charge in [-0.1, -0.05) is 36.4 Å². The van der Waals surface area contributed by atoms with Gasteiger partial charge < -0.3 is 19.4 Å². The fourth-order valence-electron chi connectivity index (χ4n) is 8.44. The number of anilines is 1. The lowest BCUT2D eigenvalue weighted by Gasteiger charge is -2.61. The van der Waals surface area contributed by atoms with Crippen LogP contribution in [0, 0.1) is 23.2 Å². The van der Waals surface area contributed by atoms with E-state index in [1.165, 1.54) is 36.1 Å². The van der Waals surface area contributed by atoms with Crippen LogP contribution in [0.15, 0.2) is 65.5 Å². The summed E-state index contributed by atoms with van der Waals surface area (Å²) in [7, 11) is 0. The second-order valence-electron chi connectivity index (χ2n) is 11.5. The zero-order valence-electron chi connectivity index (χ0n) is 19.7. The van der Waals surface area contributed by atoms with Crippen LogP contribution >= 0.6 is 0 Å². The van der Waals surface area contributed by atoms with Crippen molar-refractivity contribution in [2.45, 2.75) is 56.7 Å². The smallest absolute Gasteiger partial charge is 0.295 e. The molecule has 3 heterocycles. The summed E-state index contributed by atoms with van der Waals surface area (Å²) >= 11 is 0. The predicted octanol–water partition coefficient (Wildman–Crippen LogP) is 5.65. The van der Waals surface area contributed by atoms with E-state index in [0.717, 1.165) is 36.3 Å². The van der Waals surface area contributed by atoms with E-state index in [4.69, 9.17) is 4.42 Å². The largest absolute Gasteiger partial charge is 0.424 e. The van der Waals surface area contributed by atoms with Gasteiger partial charge in [0.25, 0.3) is 6.01 Å². The maximum atomic E-state index is 11.8. The highest BCUT2D eigenvalue weighted by atomic mass is 16.4. The SMILES string of the molecule is O[C@H](C[C@H]1c2ccccc2-c2cncn21)C12CC3CC(C1)C(Nc1nc4ccccc4o1)C(C3)C2. The Kier molecular flexibility index (Phi) is 4.14. The lowest BCUT2D eigenvalue weighted by atomic mass is 9.46. The number of fused-ring (bicyclic) bond motifs is 4. The molecular formula is C29H30N4O2. The second-order valence-corrected chi connectivity index (χ2v) is 11.5. The van der Waals surface area contributed by atoms with Crippen molar-refractivity contribution in [1.82, 2.24) is 14.5 Å². The highest BCUT2D eigenvalue weighted by Gasteiger charge is 2.58. The summed E-state index contributed by atoms with van der Waals surface area (Å²) in [6.45, 7) is 0. The van der Waals surface area contributed by atoms with Gasteiger partial charge >= 0.3 is 0 Å². The Morgan fingerprint density at radius 3 is 2.71 bits per heavy atom. The van der Waals surface area contributed by atoms with Gasteiger partial charge in [0, 0.05) is 11.6 Å². The molecule has 4 aromatic rings. The molecule has 35 heavy (non-hydrogen) atoms. The van der Waals surface area contributed by atoms with Crippen LogP contribution < -0.4 is 5.32 Å². The van der Waals surface area contributed by atoms with Gasteiger partial charge in [-0.15, -0.1) is 0 Å². The van der Waals surface area contributed by atoms with Crippen LogP contribution in [0.1, 0.15) is 50.1 Å². The van der Waals surface area contributed by atoms with Gasteiger partial charge in [0.2, 0.25) is 0 Å². The van der Waals surface area contributed by atoms with E-state index in [9.17, 15) is 5.11 Å². The minimum absolute atomic E-state index is 0.0221. The summed E-state index contributed by atoms with van der Waals surface area (Å²) in [4.78, 5) is 9.10. The molecular weight excluding hydrogens is 436 g/mol. The number of nitrogens with zero attached hydrogens (tertiary/aromatic N) is 3. The van der Waals surface area contributed by atoms with Crippen molar-refractivity contribution in [2.24, 2.45) is 23.2 Å². The van der Waals surface area contributed by atoms with Gasteiger partial charge in [0.05, 0.1) is 30.4 Å². The van der Waals surface area contributed by atoms with Crippen molar-refractivity contribution in [3.05, 3.63) is 66.6 Å². The number of rotatable bonds is 5. The zero-order valence-corrected chi connectivity index (χ0v) is 19.7. The molecule has 2 unspecified atom stereocenters. The van der Waals surface area contributed by atoms with Crippen molar-refractivity contribution in [3.63, 3.8) is 0 Å². The first-order valence-corrected chi connectivity index (χ1v) is 13.1. The van der Waals surface area contributed by atoms with Crippen LogP contribution in [0.25, 0.3) is 22.4 Å². The topological polar surface area (TPSA) is 76.1 Å². The zero-order chi connectivity index (χ0) is 23.1. The quantitative estimate of drug-likeness (QED) is 0.397. The van der Waals surface area contributed by atoms with Crippen LogP contribution in [0.5, 0.6) is 0 Å². The van der Waals surface area contributed by atoms with Crippen LogP contribution in [0.3, 0.4) is 0 Å². The number of hydrogen-bond donors (Lipinski definition) is 2.